The summed E-state index contributed by atoms with van der Waals surface area (Å²) < 4.78 is 0. The van der Waals surface area contributed by atoms with Crippen molar-refractivity contribution in [1.29, 1.82) is 0 Å². The Bertz CT molecular complexity index is 1020. The first kappa shape index (κ1) is 20.1. The van der Waals surface area contributed by atoms with E-state index in [9.17, 15) is 0 Å². The van der Waals surface area contributed by atoms with Crippen LogP contribution in [0.2, 0.25) is 0 Å². The number of fused-ring (bicyclic) bond motifs is 1. The summed E-state index contributed by atoms with van der Waals surface area (Å²) in [6.45, 7) is 13.0. The monoisotopic (exact) mass is 405 g/mol. The number of aromatic nitrogens is 1. The summed E-state index contributed by atoms with van der Waals surface area (Å²) in [6.07, 6.45) is 1.14. The van der Waals surface area contributed by atoms with Crippen LogP contribution in [0.1, 0.15) is 60.6 Å². The van der Waals surface area contributed by atoms with Crippen molar-refractivity contribution >= 4 is 17.0 Å². The molecule has 0 saturated carbocycles. The fourth-order valence-electron chi connectivity index (χ4n) is 4.40. The summed E-state index contributed by atoms with van der Waals surface area (Å²) in [5, 5.41) is 1.11. The molecule has 0 saturated heterocycles. The predicted molar refractivity (Wildman–Crippen MR) is 125 cm³/mol. The van der Waals surface area contributed by atoms with Crippen LogP contribution in [0, 0.1) is 13.8 Å². The Morgan fingerprint density at radius 3 is 2.52 bits per heavy atom. The van der Waals surface area contributed by atoms with Gasteiger partial charge < -0.3 is 10.6 Å². The number of anilines is 1. The third kappa shape index (κ3) is 3.84. The van der Waals surface area contributed by atoms with Gasteiger partial charge in [0.05, 0.1) is 15.6 Å². The minimum Gasteiger partial charge on any atom is -0.367 e. The van der Waals surface area contributed by atoms with Crippen LogP contribution >= 0.6 is 11.3 Å². The Balaban J connectivity index is 1.87. The highest BCUT2D eigenvalue weighted by Crippen LogP contribution is 2.46. The lowest BCUT2D eigenvalue weighted by Crippen LogP contribution is -2.37. The average Bonchev–Trinajstić information content (AvgIpc) is 3.02. The van der Waals surface area contributed by atoms with E-state index in [1.165, 1.54) is 32.8 Å². The number of thiazole rings is 1. The Kier molecular flexibility index (Phi) is 5.26. The number of rotatable bonds is 4. The van der Waals surface area contributed by atoms with Gasteiger partial charge in [0.2, 0.25) is 0 Å². The van der Waals surface area contributed by atoms with Crippen molar-refractivity contribution in [1.82, 2.24) is 4.98 Å². The molecule has 0 amide bonds. The maximum atomic E-state index is 6.47. The van der Waals surface area contributed by atoms with Gasteiger partial charge in [0.1, 0.15) is 0 Å². The van der Waals surface area contributed by atoms with E-state index in [1.807, 2.05) is 0 Å². The molecular weight excluding hydrogens is 374 g/mol. The molecular formula is C25H31N3S. The molecule has 1 aliphatic heterocycles. The van der Waals surface area contributed by atoms with Gasteiger partial charge >= 0.3 is 0 Å². The fraction of sp³-hybridized carbons (Fsp3) is 0.400. The smallest absolute Gasteiger partial charge is 0.0903 e. The van der Waals surface area contributed by atoms with Crippen molar-refractivity contribution in [2.45, 2.75) is 59.0 Å². The summed E-state index contributed by atoms with van der Waals surface area (Å²) in [5.74, 6) is 0. The molecule has 1 aromatic heterocycles. The molecule has 3 aromatic rings. The molecule has 0 fully saturated rings. The summed E-state index contributed by atoms with van der Waals surface area (Å²) in [7, 11) is 0. The van der Waals surface area contributed by atoms with Gasteiger partial charge in [-0.15, -0.1) is 11.3 Å². The van der Waals surface area contributed by atoms with Crippen molar-refractivity contribution < 1.29 is 0 Å². The highest BCUT2D eigenvalue weighted by Gasteiger charge is 2.33. The first-order valence-electron chi connectivity index (χ1n) is 10.4. The second-order valence-corrected chi connectivity index (χ2v) is 10.1. The van der Waals surface area contributed by atoms with Crippen molar-refractivity contribution in [3.8, 4) is 10.4 Å². The topological polar surface area (TPSA) is 42.1 Å². The number of aryl methyl sites for hydroxylation is 2. The maximum Gasteiger partial charge on any atom is 0.0903 e. The zero-order chi connectivity index (χ0) is 20.8. The van der Waals surface area contributed by atoms with Gasteiger partial charge in [-0.05, 0) is 67.0 Å². The van der Waals surface area contributed by atoms with E-state index in [4.69, 9.17) is 5.73 Å². The van der Waals surface area contributed by atoms with Gasteiger partial charge in [0.25, 0.3) is 0 Å². The first-order chi connectivity index (χ1) is 13.8. The van der Waals surface area contributed by atoms with E-state index in [0.29, 0.717) is 0 Å². The lowest BCUT2D eigenvalue weighted by molar-refractivity contribution is 0.452. The first-order valence-corrected chi connectivity index (χ1v) is 11.2. The molecule has 2 heterocycles. The van der Waals surface area contributed by atoms with Gasteiger partial charge in [-0.25, -0.2) is 4.98 Å². The molecule has 1 aliphatic rings. The summed E-state index contributed by atoms with van der Waals surface area (Å²) >= 11 is 1.77. The SMILES string of the molecule is Cc1nc(C)c(-c2cc3c(cc2C(C)N)N(Cc2ccccc2)CCC3(C)C)s1. The quantitative estimate of drug-likeness (QED) is 0.567. The predicted octanol–water partition coefficient (Wildman–Crippen LogP) is 6.13. The minimum atomic E-state index is -0.0271. The normalized spacial score (nSPS) is 16.6. The molecule has 0 spiro atoms. The van der Waals surface area contributed by atoms with Crippen LogP contribution in [-0.4, -0.2) is 11.5 Å². The van der Waals surface area contributed by atoms with Gasteiger partial charge in [-0.3, -0.25) is 0 Å². The van der Waals surface area contributed by atoms with E-state index in [0.717, 1.165) is 30.2 Å². The van der Waals surface area contributed by atoms with E-state index in [2.05, 4.69) is 87.0 Å². The molecule has 29 heavy (non-hydrogen) atoms. The van der Waals surface area contributed by atoms with Crippen LogP contribution in [0.3, 0.4) is 0 Å². The summed E-state index contributed by atoms with van der Waals surface area (Å²) in [4.78, 5) is 8.46. The third-order valence-corrected chi connectivity index (χ3v) is 7.21. The van der Waals surface area contributed by atoms with Crippen molar-refractivity contribution in [2.75, 3.05) is 11.4 Å². The van der Waals surface area contributed by atoms with Crippen LogP contribution in [-0.2, 0) is 12.0 Å². The van der Waals surface area contributed by atoms with Gasteiger partial charge in [0.15, 0.2) is 0 Å². The van der Waals surface area contributed by atoms with Crippen LogP contribution in [0.15, 0.2) is 42.5 Å². The lowest BCUT2D eigenvalue weighted by Gasteiger charge is -2.41. The van der Waals surface area contributed by atoms with Crippen molar-refractivity contribution in [2.24, 2.45) is 5.73 Å². The summed E-state index contributed by atoms with van der Waals surface area (Å²) in [6, 6.07) is 15.5. The van der Waals surface area contributed by atoms with Crippen molar-refractivity contribution in [3.63, 3.8) is 0 Å². The maximum absolute atomic E-state index is 6.47. The Hall–Kier alpha value is -2.17. The molecule has 152 valence electrons. The zero-order valence-corrected chi connectivity index (χ0v) is 18.9. The standard InChI is InChI=1S/C25H31N3S/c1-16(26)20-14-23-22(13-21(20)24-17(2)27-18(3)29-24)25(4,5)11-12-28(23)15-19-9-7-6-8-10-19/h6-10,13-14,16H,11-12,15,26H2,1-5H3. The molecule has 1 unspecified atom stereocenters. The highest BCUT2D eigenvalue weighted by atomic mass is 32.1. The Morgan fingerprint density at radius 2 is 1.90 bits per heavy atom. The lowest BCUT2D eigenvalue weighted by atomic mass is 9.75. The fourth-order valence-corrected chi connectivity index (χ4v) is 5.36. The van der Waals surface area contributed by atoms with Gasteiger partial charge in [-0.2, -0.15) is 0 Å². The molecule has 2 aromatic carbocycles. The number of nitrogens with two attached hydrogens (primary N) is 1. The van der Waals surface area contributed by atoms with E-state index < -0.39 is 0 Å². The molecule has 1 atom stereocenters. The number of hydrogen-bond donors (Lipinski definition) is 1. The molecule has 0 aliphatic carbocycles. The Labute approximate surface area is 178 Å². The molecule has 4 rings (SSSR count). The number of hydrogen-bond acceptors (Lipinski definition) is 4. The molecule has 3 nitrogen and oxygen atoms in total. The van der Waals surface area contributed by atoms with Crippen molar-refractivity contribution in [3.05, 3.63) is 69.9 Å². The molecule has 0 bridgehead atoms. The second kappa shape index (κ2) is 7.58. The molecule has 0 radical (unpaired) electrons. The molecule has 4 heteroatoms. The third-order valence-electron chi connectivity index (χ3n) is 6.10. The largest absolute Gasteiger partial charge is 0.367 e. The van der Waals surface area contributed by atoms with E-state index in [1.54, 1.807) is 11.3 Å². The Morgan fingerprint density at radius 1 is 1.17 bits per heavy atom. The van der Waals surface area contributed by atoms with Crippen LogP contribution in [0.5, 0.6) is 0 Å². The van der Waals surface area contributed by atoms with E-state index >= 15 is 0 Å². The van der Waals surface area contributed by atoms with Gasteiger partial charge in [-0.1, -0.05) is 44.2 Å². The zero-order valence-electron chi connectivity index (χ0n) is 18.1. The summed E-state index contributed by atoms with van der Waals surface area (Å²) in [5.41, 5.74) is 14.3. The van der Waals surface area contributed by atoms with E-state index in [-0.39, 0.29) is 11.5 Å². The van der Waals surface area contributed by atoms with Gasteiger partial charge in [0, 0.05) is 24.8 Å². The number of benzene rings is 2. The molecule has 2 N–H and O–H groups in total. The highest BCUT2D eigenvalue weighted by molar-refractivity contribution is 7.15. The van der Waals surface area contributed by atoms with Crippen LogP contribution in [0.4, 0.5) is 5.69 Å². The minimum absolute atomic E-state index is 0.0271. The van der Waals surface area contributed by atoms with Crippen LogP contribution in [0.25, 0.3) is 10.4 Å². The second-order valence-electron chi connectivity index (χ2n) is 8.93. The number of nitrogens with zero attached hydrogens (tertiary/aromatic N) is 2. The van der Waals surface area contributed by atoms with Crippen LogP contribution < -0.4 is 10.6 Å². The average molecular weight is 406 g/mol.